The van der Waals surface area contributed by atoms with Crippen LogP contribution in [0.25, 0.3) is 0 Å². The molecule has 1 aliphatic carbocycles. The van der Waals surface area contributed by atoms with Crippen LogP contribution in [0.3, 0.4) is 0 Å². The first-order chi connectivity index (χ1) is 15.5. The lowest BCUT2D eigenvalue weighted by Crippen LogP contribution is -2.54. The highest BCUT2D eigenvalue weighted by molar-refractivity contribution is 5.96. The Morgan fingerprint density at radius 2 is 1.84 bits per heavy atom. The van der Waals surface area contributed by atoms with E-state index < -0.39 is 0 Å². The van der Waals surface area contributed by atoms with E-state index in [2.05, 4.69) is 25.6 Å². The molecule has 2 aromatic heterocycles. The van der Waals surface area contributed by atoms with E-state index in [-0.39, 0.29) is 17.9 Å². The van der Waals surface area contributed by atoms with Gasteiger partial charge in [0.15, 0.2) is 5.82 Å². The Bertz CT molecular complexity index is 988. The maximum absolute atomic E-state index is 13.1. The third kappa shape index (κ3) is 3.80. The highest BCUT2D eigenvalue weighted by Crippen LogP contribution is 2.30. The molecule has 0 unspecified atom stereocenters. The highest BCUT2D eigenvalue weighted by atomic mass is 16.5. The fourth-order valence-electron chi connectivity index (χ4n) is 5.35. The number of fused-ring (bicyclic) bond motifs is 3. The topological polar surface area (TPSA) is 109 Å². The molecule has 2 aromatic rings. The molecule has 10 nitrogen and oxygen atoms in total. The highest BCUT2D eigenvalue weighted by Gasteiger charge is 2.39. The van der Waals surface area contributed by atoms with Crippen LogP contribution in [-0.4, -0.2) is 74.3 Å². The Morgan fingerprint density at radius 1 is 1.06 bits per heavy atom. The summed E-state index contributed by atoms with van der Waals surface area (Å²) in [6.45, 7) is 7.66. The number of aryl methyl sites for hydroxylation is 2. The summed E-state index contributed by atoms with van der Waals surface area (Å²) in [6, 6.07) is -0.0747. The molecule has 32 heavy (non-hydrogen) atoms. The maximum Gasteiger partial charge on any atom is 0.289 e. The molecule has 3 aliphatic rings. The van der Waals surface area contributed by atoms with E-state index in [0.29, 0.717) is 54.9 Å². The van der Waals surface area contributed by atoms with E-state index in [0.717, 1.165) is 18.9 Å². The molecule has 0 radical (unpaired) electrons. The van der Waals surface area contributed by atoms with Gasteiger partial charge in [0.1, 0.15) is 11.3 Å². The minimum atomic E-state index is -0.151. The summed E-state index contributed by atoms with van der Waals surface area (Å²) in [7, 11) is 0. The van der Waals surface area contributed by atoms with Crippen molar-refractivity contribution in [1.82, 2.24) is 35.0 Å². The van der Waals surface area contributed by atoms with Crippen LogP contribution in [0.5, 0.6) is 0 Å². The van der Waals surface area contributed by atoms with Crippen LogP contribution in [-0.2, 0) is 6.54 Å². The normalized spacial score (nSPS) is 21.8. The van der Waals surface area contributed by atoms with Gasteiger partial charge < -0.3 is 19.3 Å². The van der Waals surface area contributed by atoms with Crippen molar-refractivity contribution in [3.05, 3.63) is 28.7 Å². The molecule has 10 heteroatoms. The zero-order valence-corrected chi connectivity index (χ0v) is 18.8. The number of aromatic nitrogens is 4. The van der Waals surface area contributed by atoms with E-state index in [9.17, 15) is 9.59 Å². The molecular weight excluding hydrogens is 410 g/mol. The van der Waals surface area contributed by atoms with E-state index in [4.69, 9.17) is 4.52 Å². The van der Waals surface area contributed by atoms with E-state index in [1.807, 2.05) is 9.47 Å². The van der Waals surface area contributed by atoms with Crippen molar-refractivity contribution >= 4 is 11.8 Å². The second-order valence-electron chi connectivity index (χ2n) is 9.25. The Balaban J connectivity index is 1.30. The number of hydrogen-bond acceptors (Lipinski definition) is 7. The quantitative estimate of drug-likeness (QED) is 0.769. The summed E-state index contributed by atoms with van der Waals surface area (Å²) >= 11 is 0. The van der Waals surface area contributed by atoms with Crippen LogP contribution in [0.1, 0.15) is 76.4 Å². The van der Waals surface area contributed by atoms with Gasteiger partial charge in [0, 0.05) is 39.3 Å². The summed E-state index contributed by atoms with van der Waals surface area (Å²) < 4.78 is 7.12. The zero-order chi connectivity index (χ0) is 22.2. The van der Waals surface area contributed by atoms with Crippen molar-refractivity contribution in [3.8, 4) is 0 Å². The SMILES string of the molecule is Cc1noc(C)c1C(=O)N1CCN2CCn3c(C(=O)NCC4CCCCC4)nnc3[C@H]2C1. The van der Waals surface area contributed by atoms with Gasteiger partial charge in [-0.2, -0.15) is 0 Å². The summed E-state index contributed by atoms with van der Waals surface area (Å²) in [4.78, 5) is 30.2. The fraction of sp³-hybridized carbons (Fsp3) is 0.682. The molecule has 2 aliphatic heterocycles. The number of carbonyl (C=O) groups excluding carboxylic acids is 2. The van der Waals surface area contributed by atoms with Crippen LogP contribution in [0, 0.1) is 19.8 Å². The minimum absolute atomic E-state index is 0.0667. The Hall–Kier alpha value is -2.75. The first-order valence-corrected chi connectivity index (χ1v) is 11.7. The first kappa shape index (κ1) is 21.1. The van der Waals surface area contributed by atoms with Crippen LogP contribution in [0.4, 0.5) is 0 Å². The third-order valence-electron chi connectivity index (χ3n) is 7.19. The van der Waals surface area contributed by atoms with Crippen LogP contribution >= 0.6 is 0 Å². The van der Waals surface area contributed by atoms with Gasteiger partial charge in [-0.05, 0) is 32.6 Å². The second-order valence-corrected chi connectivity index (χ2v) is 9.25. The van der Waals surface area contributed by atoms with Crippen LogP contribution in [0.15, 0.2) is 4.52 Å². The van der Waals surface area contributed by atoms with E-state index in [1.54, 1.807) is 13.8 Å². The van der Waals surface area contributed by atoms with Gasteiger partial charge in [0.25, 0.3) is 11.8 Å². The lowest BCUT2D eigenvalue weighted by molar-refractivity contribution is 0.0371. The summed E-state index contributed by atoms with van der Waals surface area (Å²) in [5.41, 5.74) is 1.15. The second kappa shape index (κ2) is 8.65. The number of hydrogen-bond donors (Lipinski definition) is 1. The molecule has 172 valence electrons. The average Bonchev–Trinajstić information content (AvgIpc) is 3.40. The number of amides is 2. The van der Waals surface area contributed by atoms with Gasteiger partial charge in [0.05, 0.1) is 11.7 Å². The number of nitrogens with one attached hydrogen (secondary N) is 1. The minimum Gasteiger partial charge on any atom is -0.361 e. The van der Waals surface area contributed by atoms with E-state index in [1.165, 1.54) is 32.1 Å². The Morgan fingerprint density at radius 3 is 2.59 bits per heavy atom. The molecule has 2 amide bonds. The number of rotatable bonds is 4. The molecule has 1 atom stereocenters. The van der Waals surface area contributed by atoms with Crippen molar-refractivity contribution in [3.63, 3.8) is 0 Å². The summed E-state index contributed by atoms with van der Waals surface area (Å²) in [6.07, 6.45) is 6.17. The van der Waals surface area contributed by atoms with Crippen molar-refractivity contribution < 1.29 is 14.1 Å². The predicted molar refractivity (Wildman–Crippen MR) is 115 cm³/mol. The van der Waals surface area contributed by atoms with Gasteiger partial charge >= 0.3 is 0 Å². The summed E-state index contributed by atoms with van der Waals surface area (Å²) in [5.74, 6) is 2.03. The van der Waals surface area contributed by atoms with Gasteiger partial charge in [-0.3, -0.25) is 14.5 Å². The molecule has 1 saturated heterocycles. The van der Waals surface area contributed by atoms with Crippen molar-refractivity contribution in [2.24, 2.45) is 5.92 Å². The van der Waals surface area contributed by atoms with Gasteiger partial charge in [-0.15, -0.1) is 10.2 Å². The first-order valence-electron chi connectivity index (χ1n) is 11.7. The predicted octanol–water partition coefficient (Wildman–Crippen LogP) is 1.71. The van der Waals surface area contributed by atoms with E-state index >= 15 is 0 Å². The standard InChI is InChI=1S/C22H31N7O3/c1-14-18(15(2)32-26-14)22(31)28-9-8-27-10-11-29-19(17(27)13-28)24-25-20(29)21(30)23-12-16-6-4-3-5-7-16/h16-17H,3-13H2,1-2H3,(H,23,30)/t17-/m1/s1. The van der Waals surface area contributed by atoms with Crippen LogP contribution in [0.2, 0.25) is 0 Å². The molecule has 0 bridgehead atoms. The lowest BCUT2D eigenvalue weighted by atomic mass is 9.89. The molecular formula is C22H31N7O3. The number of piperazine rings is 1. The molecule has 1 N–H and O–H groups in total. The number of nitrogens with zero attached hydrogens (tertiary/aromatic N) is 6. The van der Waals surface area contributed by atoms with Gasteiger partial charge in [-0.1, -0.05) is 24.4 Å². The maximum atomic E-state index is 13.1. The molecule has 0 aromatic carbocycles. The Labute approximate surface area is 187 Å². The molecule has 4 heterocycles. The molecule has 0 spiro atoms. The number of carbonyl (C=O) groups is 2. The molecule has 1 saturated carbocycles. The van der Waals surface area contributed by atoms with Crippen molar-refractivity contribution in [2.45, 2.75) is 58.5 Å². The fourth-order valence-corrected chi connectivity index (χ4v) is 5.35. The average molecular weight is 442 g/mol. The Kier molecular flexibility index (Phi) is 5.71. The zero-order valence-electron chi connectivity index (χ0n) is 18.8. The van der Waals surface area contributed by atoms with Gasteiger partial charge in [0.2, 0.25) is 5.82 Å². The van der Waals surface area contributed by atoms with Crippen LogP contribution < -0.4 is 5.32 Å². The molecule has 2 fully saturated rings. The van der Waals surface area contributed by atoms with Crippen molar-refractivity contribution in [2.75, 3.05) is 32.7 Å². The van der Waals surface area contributed by atoms with Gasteiger partial charge in [-0.25, -0.2) is 0 Å². The molecule has 5 rings (SSSR count). The largest absolute Gasteiger partial charge is 0.361 e. The lowest BCUT2D eigenvalue weighted by Gasteiger charge is -2.43. The monoisotopic (exact) mass is 441 g/mol. The third-order valence-corrected chi connectivity index (χ3v) is 7.19. The summed E-state index contributed by atoms with van der Waals surface area (Å²) in [5, 5.41) is 15.6. The smallest absolute Gasteiger partial charge is 0.289 e. The van der Waals surface area contributed by atoms with Crippen molar-refractivity contribution in [1.29, 1.82) is 0 Å².